The van der Waals surface area contributed by atoms with Crippen LogP contribution < -0.4 is 10.2 Å². The van der Waals surface area contributed by atoms with Gasteiger partial charge < -0.3 is 4.74 Å². The maximum atomic E-state index is 11.8. The Morgan fingerprint density at radius 3 is 3.00 bits per heavy atom. The van der Waals surface area contributed by atoms with Crippen LogP contribution in [-0.2, 0) is 11.2 Å². The van der Waals surface area contributed by atoms with E-state index in [9.17, 15) is 4.79 Å². The largest absolute Gasteiger partial charge is 0.494 e. The van der Waals surface area contributed by atoms with Crippen molar-refractivity contribution in [3.8, 4) is 5.75 Å². The first-order chi connectivity index (χ1) is 11.2. The highest BCUT2D eigenvalue weighted by Gasteiger charge is 2.07. The van der Waals surface area contributed by atoms with Gasteiger partial charge in [-0.3, -0.25) is 9.20 Å². The molecule has 118 valence electrons. The highest BCUT2D eigenvalue weighted by Crippen LogP contribution is 2.12. The number of hydrogen-bond donors (Lipinski definition) is 1. The first-order valence-corrected chi connectivity index (χ1v) is 8.08. The number of ether oxygens (including phenoxy) is 1. The van der Waals surface area contributed by atoms with Crippen molar-refractivity contribution in [3.63, 3.8) is 0 Å². The lowest BCUT2D eigenvalue weighted by atomic mass is 10.2. The summed E-state index contributed by atoms with van der Waals surface area (Å²) in [5.74, 6) is 0.617. The third-order valence-corrected chi connectivity index (χ3v) is 3.85. The molecule has 1 aromatic carbocycles. The second-order valence-electron chi connectivity index (χ2n) is 4.80. The quantitative estimate of drug-likeness (QED) is 0.558. The van der Waals surface area contributed by atoms with Crippen molar-refractivity contribution in [2.24, 2.45) is 5.10 Å². The van der Waals surface area contributed by atoms with Crippen LogP contribution in [0.1, 0.15) is 18.2 Å². The molecule has 0 unspecified atom stereocenters. The summed E-state index contributed by atoms with van der Waals surface area (Å²) < 4.78 is 7.27. The maximum Gasteiger partial charge on any atom is 0.246 e. The fourth-order valence-corrected chi connectivity index (χ4v) is 2.78. The zero-order valence-corrected chi connectivity index (χ0v) is 13.4. The minimum absolute atomic E-state index is 0.196. The number of aromatic nitrogens is 2. The lowest BCUT2D eigenvalue weighted by molar-refractivity contribution is -0.120. The van der Waals surface area contributed by atoms with Crippen LogP contribution in [0.25, 0.3) is 4.96 Å². The van der Waals surface area contributed by atoms with Crippen LogP contribution in [0.4, 0.5) is 0 Å². The van der Waals surface area contributed by atoms with Gasteiger partial charge >= 0.3 is 0 Å². The summed E-state index contributed by atoms with van der Waals surface area (Å²) in [6.45, 7) is 2.57. The molecule has 0 bridgehead atoms. The molecule has 1 amide bonds. The molecule has 0 saturated carbocycles. The molecule has 0 aliphatic heterocycles. The van der Waals surface area contributed by atoms with Gasteiger partial charge in [0.05, 0.1) is 24.9 Å². The summed E-state index contributed by atoms with van der Waals surface area (Å²) >= 11 is 1.54. The van der Waals surface area contributed by atoms with E-state index in [4.69, 9.17) is 4.74 Å². The Morgan fingerprint density at radius 2 is 2.26 bits per heavy atom. The first-order valence-electron chi connectivity index (χ1n) is 7.20. The molecule has 0 fully saturated rings. The SMILES string of the molecule is CCOc1ccc(C=NNC(=O)Cc2cn3ccsc3n2)cc1. The summed E-state index contributed by atoms with van der Waals surface area (Å²) in [5, 5.41) is 5.91. The molecule has 2 aromatic heterocycles. The molecule has 3 aromatic rings. The van der Waals surface area contributed by atoms with Crippen molar-refractivity contribution in [1.29, 1.82) is 0 Å². The van der Waals surface area contributed by atoms with Crippen molar-refractivity contribution in [3.05, 3.63) is 53.3 Å². The first kappa shape index (κ1) is 15.2. The standard InChI is InChI=1S/C16H16N4O2S/c1-2-22-14-5-3-12(4-6-14)10-17-19-15(21)9-13-11-20-7-8-23-16(20)18-13/h3-8,10-11H,2,9H2,1H3,(H,19,21). The highest BCUT2D eigenvalue weighted by atomic mass is 32.1. The van der Waals surface area contributed by atoms with Gasteiger partial charge in [0.2, 0.25) is 5.91 Å². The number of carbonyl (C=O) groups excluding carboxylic acids is 1. The third kappa shape index (κ3) is 3.95. The zero-order chi connectivity index (χ0) is 16.1. The fraction of sp³-hybridized carbons (Fsp3) is 0.188. The lowest BCUT2D eigenvalue weighted by Crippen LogP contribution is -2.19. The van der Waals surface area contributed by atoms with Crippen molar-refractivity contribution < 1.29 is 9.53 Å². The summed E-state index contributed by atoms with van der Waals surface area (Å²) in [5.41, 5.74) is 4.12. The van der Waals surface area contributed by atoms with E-state index in [1.54, 1.807) is 6.21 Å². The summed E-state index contributed by atoms with van der Waals surface area (Å²) in [4.78, 5) is 17.1. The minimum Gasteiger partial charge on any atom is -0.494 e. The number of fused-ring (bicyclic) bond motifs is 1. The Hall–Kier alpha value is -2.67. The Labute approximate surface area is 137 Å². The number of thiazole rings is 1. The van der Waals surface area contributed by atoms with Gasteiger partial charge in [-0.05, 0) is 36.8 Å². The van der Waals surface area contributed by atoms with Gasteiger partial charge in [0.15, 0.2) is 4.96 Å². The predicted octanol–water partition coefficient (Wildman–Crippen LogP) is 2.49. The van der Waals surface area contributed by atoms with E-state index in [-0.39, 0.29) is 12.3 Å². The molecule has 3 rings (SSSR count). The smallest absolute Gasteiger partial charge is 0.246 e. The van der Waals surface area contributed by atoms with Gasteiger partial charge in [-0.1, -0.05) is 0 Å². The predicted molar refractivity (Wildman–Crippen MR) is 90.1 cm³/mol. The molecule has 0 radical (unpaired) electrons. The fourth-order valence-electron chi connectivity index (χ4n) is 2.06. The number of hydrogen-bond acceptors (Lipinski definition) is 5. The van der Waals surface area contributed by atoms with Crippen molar-refractivity contribution in [2.45, 2.75) is 13.3 Å². The molecule has 0 atom stereocenters. The molecule has 7 heteroatoms. The Morgan fingerprint density at radius 1 is 1.43 bits per heavy atom. The van der Waals surface area contributed by atoms with Crippen LogP contribution in [0.5, 0.6) is 5.75 Å². The molecule has 0 saturated heterocycles. The topological polar surface area (TPSA) is 68.0 Å². The number of nitrogens with one attached hydrogen (secondary N) is 1. The van der Waals surface area contributed by atoms with Crippen molar-refractivity contribution in [2.75, 3.05) is 6.61 Å². The van der Waals surface area contributed by atoms with E-state index < -0.39 is 0 Å². The molecular formula is C16H16N4O2S. The normalized spacial score (nSPS) is 11.2. The zero-order valence-electron chi connectivity index (χ0n) is 12.6. The van der Waals surface area contributed by atoms with Gasteiger partial charge in [0.25, 0.3) is 0 Å². The molecule has 6 nitrogen and oxygen atoms in total. The molecular weight excluding hydrogens is 312 g/mol. The van der Waals surface area contributed by atoms with Crippen LogP contribution in [0.2, 0.25) is 0 Å². The van der Waals surface area contributed by atoms with Crippen LogP contribution in [0.3, 0.4) is 0 Å². The maximum absolute atomic E-state index is 11.8. The van der Waals surface area contributed by atoms with Crippen molar-refractivity contribution >= 4 is 28.4 Å². The number of hydrazone groups is 1. The molecule has 23 heavy (non-hydrogen) atoms. The van der Waals surface area contributed by atoms with Crippen molar-refractivity contribution in [1.82, 2.24) is 14.8 Å². The number of rotatable bonds is 6. The van der Waals surface area contributed by atoms with E-state index in [2.05, 4.69) is 15.5 Å². The average molecular weight is 328 g/mol. The monoisotopic (exact) mass is 328 g/mol. The number of carbonyl (C=O) groups is 1. The van der Waals surface area contributed by atoms with Crippen LogP contribution >= 0.6 is 11.3 Å². The second kappa shape index (κ2) is 7.06. The van der Waals surface area contributed by atoms with Gasteiger partial charge in [-0.25, -0.2) is 10.4 Å². The van der Waals surface area contributed by atoms with E-state index >= 15 is 0 Å². The van der Waals surface area contributed by atoms with E-state index in [0.717, 1.165) is 22.0 Å². The number of imidazole rings is 1. The summed E-state index contributed by atoms with van der Waals surface area (Å²) in [6.07, 6.45) is 5.56. The van der Waals surface area contributed by atoms with Gasteiger partial charge in [-0.15, -0.1) is 11.3 Å². The third-order valence-electron chi connectivity index (χ3n) is 3.08. The second-order valence-corrected chi connectivity index (χ2v) is 5.67. The Bertz CT molecular complexity index is 792. The Balaban J connectivity index is 1.52. The highest BCUT2D eigenvalue weighted by molar-refractivity contribution is 7.15. The molecule has 0 aliphatic carbocycles. The van der Waals surface area contributed by atoms with Gasteiger partial charge in [0, 0.05) is 17.8 Å². The van der Waals surface area contributed by atoms with Crippen LogP contribution in [-0.4, -0.2) is 28.1 Å². The molecule has 2 heterocycles. The lowest BCUT2D eigenvalue weighted by Gasteiger charge is -2.02. The summed E-state index contributed by atoms with van der Waals surface area (Å²) in [7, 11) is 0. The average Bonchev–Trinajstić information content (AvgIpc) is 3.10. The number of benzene rings is 1. The van der Waals surface area contributed by atoms with Gasteiger partial charge in [-0.2, -0.15) is 5.10 Å². The van der Waals surface area contributed by atoms with E-state index in [1.165, 1.54) is 11.3 Å². The van der Waals surface area contributed by atoms with Crippen LogP contribution in [0, 0.1) is 0 Å². The molecule has 0 aliphatic rings. The number of nitrogens with zero attached hydrogens (tertiary/aromatic N) is 3. The summed E-state index contributed by atoms with van der Waals surface area (Å²) in [6, 6.07) is 7.49. The Kier molecular flexibility index (Phi) is 4.68. The molecule has 1 N–H and O–H groups in total. The number of amides is 1. The van der Waals surface area contributed by atoms with E-state index in [0.29, 0.717) is 6.61 Å². The van der Waals surface area contributed by atoms with E-state index in [1.807, 2.05) is 53.4 Å². The van der Waals surface area contributed by atoms with Crippen LogP contribution in [0.15, 0.2) is 47.1 Å². The van der Waals surface area contributed by atoms with Gasteiger partial charge in [0.1, 0.15) is 5.75 Å². The molecule has 0 spiro atoms. The minimum atomic E-state index is -0.196.